The van der Waals surface area contributed by atoms with Gasteiger partial charge in [-0.3, -0.25) is 9.59 Å². The van der Waals surface area contributed by atoms with Gasteiger partial charge in [0.1, 0.15) is 0 Å². The molecule has 1 unspecified atom stereocenters. The molecule has 0 aliphatic carbocycles. The van der Waals surface area contributed by atoms with Crippen LogP contribution in [0.2, 0.25) is 0 Å². The number of anilines is 1. The normalized spacial score (nSPS) is 18.7. The highest BCUT2D eigenvalue weighted by Gasteiger charge is 2.50. The van der Waals surface area contributed by atoms with Crippen molar-refractivity contribution in [2.24, 2.45) is 0 Å². The summed E-state index contributed by atoms with van der Waals surface area (Å²) in [6.07, 6.45) is 3.35. The number of nitrogens with zero attached hydrogens (tertiary/aromatic N) is 1. The molecule has 33 heavy (non-hydrogen) atoms. The minimum absolute atomic E-state index is 0.177. The maximum atomic E-state index is 13.3. The maximum Gasteiger partial charge on any atom is 0.264 e. The number of benzene rings is 3. The van der Waals surface area contributed by atoms with E-state index >= 15 is 0 Å². The predicted octanol–water partition coefficient (Wildman–Crippen LogP) is 3.86. The minimum atomic E-state index is -1.89. The molecular formula is C27H23NO5. The topological polar surface area (TPSA) is 76.1 Å². The lowest BCUT2D eigenvalue weighted by molar-refractivity contribution is -0.140. The van der Waals surface area contributed by atoms with Crippen LogP contribution in [0, 0.1) is 0 Å². The van der Waals surface area contributed by atoms with E-state index in [0.717, 1.165) is 11.1 Å². The van der Waals surface area contributed by atoms with Gasteiger partial charge in [0, 0.05) is 12.1 Å². The summed E-state index contributed by atoms with van der Waals surface area (Å²) in [6.45, 7) is 0.597. The van der Waals surface area contributed by atoms with E-state index in [1.54, 1.807) is 35.2 Å². The molecule has 2 aliphatic rings. The molecule has 0 aromatic heterocycles. The van der Waals surface area contributed by atoms with Gasteiger partial charge in [0.25, 0.3) is 5.91 Å². The second kappa shape index (κ2) is 8.56. The lowest BCUT2D eigenvalue weighted by atomic mass is 9.89. The number of amides is 1. The van der Waals surface area contributed by atoms with Crippen molar-refractivity contribution in [1.82, 2.24) is 0 Å². The van der Waals surface area contributed by atoms with Crippen LogP contribution >= 0.6 is 0 Å². The molecular weight excluding hydrogens is 418 g/mol. The summed E-state index contributed by atoms with van der Waals surface area (Å²) in [6, 6.07) is 22.4. The van der Waals surface area contributed by atoms with Gasteiger partial charge >= 0.3 is 0 Å². The van der Waals surface area contributed by atoms with Gasteiger partial charge in [-0.2, -0.15) is 0 Å². The van der Waals surface area contributed by atoms with Gasteiger partial charge in [-0.05, 0) is 41.8 Å². The highest BCUT2D eigenvalue weighted by molar-refractivity contribution is 6.10. The molecule has 6 nitrogen and oxygen atoms in total. The number of hydrogen-bond acceptors (Lipinski definition) is 5. The van der Waals surface area contributed by atoms with Crippen molar-refractivity contribution < 1.29 is 24.2 Å². The lowest BCUT2D eigenvalue weighted by Gasteiger charge is -2.22. The van der Waals surface area contributed by atoms with Gasteiger partial charge in [0.15, 0.2) is 22.9 Å². The quantitative estimate of drug-likeness (QED) is 0.564. The Morgan fingerprint density at radius 1 is 1.00 bits per heavy atom. The van der Waals surface area contributed by atoms with Gasteiger partial charge in [-0.25, -0.2) is 0 Å². The Hall–Kier alpha value is -3.90. The zero-order valence-electron chi connectivity index (χ0n) is 17.9. The highest BCUT2D eigenvalue weighted by atomic mass is 16.7. The summed E-state index contributed by atoms with van der Waals surface area (Å²) in [7, 11) is 0. The lowest BCUT2D eigenvalue weighted by Crippen LogP contribution is -2.42. The number of carbonyl (C=O) groups excluding carboxylic acids is 2. The Kier molecular flexibility index (Phi) is 5.44. The predicted molar refractivity (Wildman–Crippen MR) is 124 cm³/mol. The van der Waals surface area contributed by atoms with E-state index in [2.05, 4.69) is 0 Å². The first-order valence-electron chi connectivity index (χ1n) is 10.8. The van der Waals surface area contributed by atoms with E-state index in [4.69, 9.17) is 9.47 Å². The number of ketones is 1. The van der Waals surface area contributed by atoms with Crippen molar-refractivity contribution in [2.45, 2.75) is 18.4 Å². The van der Waals surface area contributed by atoms with Crippen molar-refractivity contribution in [3.8, 4) is 11.5 Å². The third-order valence-electron chi connectivity index (χ3n) is 5.99. The van der Waals surface area contributed by atoms with Crippen molar-refractivity contribution in [3.05, 3.63) is 95.6 Å². The largest absolute Gasteiger partial charge is 0.454 e. The molecule has 0 fully saturated rings. The van der Waals surface area contributed by atoms with Crippen LogP contribution in [0.15, 0.2) is 78.9 Å². The fraction of sp³-hybridized carbons (Fsp3) is 0.185. The molecule has 2 heterocycles. The average Bonchev–Trinajstić information content (AvgIpc) is 3.38. The number of fused-ring (bicyclic) bond motifs is 2. The molecule has 1 amide bonds. The smallest absolute Gasteiger partial charge is 0.264 e. The number of allylic oxidation sites excluding steroid dienone is 1. The Balaban J connectivity index is 1.33. The summed E-state index contributed by atoms with van der Waals surface area (Å²) >= 11 is 0. The van der Waals surface area contributed by atoms with Gasteiger partial charge in [-0.1, -0.05) is 60.7 Å². The van der Waals surface area contributed by atoms with Crippen LogP contribution in [0.1, 0.15) is 23.1 Å². The molecule has 1 atom stereocenters. The first kappa shape index (κ1) is 21.0. The average molecular weight is 441 g/mol. The summed E-state index contributed by atoms with van der Waals surface area (Å²) in [5.41, 5.74) is 1.09. The molecule has 3 aromatic carbocycles. The van der Waals surface area contributed by atoms with Crippen LogP contribution in [-0.4, -0.2) is 30.1 Å². The van der Waals surface area contributed by atoms with Gasteiger partial charge in [0.05, 0.1) is 12.1 Å². The van der Waals surface area contributed by atoms with E-state index in [0.29, 0.717) is 35.7 Å². The second-order valence-corrected chi connectivity index (χ2v) is 8.16. The van der Waals surface area contributed by atoms with Gasteiger partial charge in [0.2, 0.25) is 6.79 Å². The van der Waals surface area contributed by atoms with Gasteiger partial charge in [-0.15, -0.1) is 0 Å². The summed E-state index contributed by atoms with van der Waals surface area (Å²) in [4.78, 5) is 27.7. The molecule has 166 valence electrons. The Labute approximate surface area is 191 Å². The van der Waals surface area contributed by atoms with E-state index in [-0.39, 0.29) is 19.0 Å². The first-order valence-corrected chi connectivity index (χ1v) is 10.8. The van der Waals surface area contributed by atoms with E-state index in [9.17, 15) is 14.7 Å². The van der Waals surface area contributed by atoms with E-state index < -0.39 is 11.5 Å². The SMILES string of the molecule is O=C(/C=C/c1ccc2c(c1)OCO2)CC1(O)C(=O)N(CCc2ccccc2)c2ccccc21. The van der Waals surface area contributed by atoms with Crippen LogP contribution < -0.4 is 14.4 Å². The third-order valence-corrected chi connectivity index (χ3v) is 5.99. The minimum Gasteiger partial charge on any atom is -0.454 e. The number of aliphatic hydroxyl groups is 1. The standard InChI is InChI=1S/C27H23NO5/c29-21(12-10-20-11-13-24-25(16-20)33-18-32-24)17-27(31)22-8-4-5-9-23(22)28(26(27)30)15-14-19-6-2-1-3-7-19/h1-13,16,31H,14-15,17-18H2/b12-10+. The number of hydrogen-bond donors (Lipinski definition) is 1. The second-order valence-electron chi connectivity index (χ2n) is 8.16. The molecule has 1 N–H and O–H groups in total. The summed E-state index contributed by atoms with van der Waals surface area (Å²) in [5, 5.41) is 11.4. The zero-order chi connectivity index (χ0) is 22.8. The van der Waals surface area contributed by atoms with Crippen LogP contribution in [0.5, 0.6) is 11.5 Å². The summed E-state index contributed by atoms with van der Waals surface area (Å²) < 4.78 is 10.7. The van der Waals surface area contributed by atoms with E-state index in [1.165, 1.54) is 6.08 Å². The fourth-order valence-electron chi connectivity index (χ4n) is 4.30. The van der Waals surface area contributed by atoms with Crippen LogP contribution in [0.25, 0.3) is 6.08 Å². The summed E-state index contributed by atoms with van der Waals surface area (Å²) in [5.74, 6) is 0.474. The molecule has 2 aliphatic heterocycles. The molecule has 0 radical (unpaired) electrons. The third kappa shape index (κ3) is 4.01. The molecule has 5 rings (SSSR count). The van der Waals surface area contributed by atoms with Crippen molar-refractivity contribution in [1.29, 1.82) is 0 Å². The van der Waals surface area contributed by atoms with Gasteiger partial charge < -0.3 is 19.5 Å². The zero-order valence-corrected chi connectivity index (χ0v) is 17.9. The van der Waals surface area contributed by atoms with Crippen LogP contribution in [0.4, 0.5) is 5.69 Å². The van der Waals surface area contributed by atoms with E-state index in [1.807, 2.05) is 48.5 Å². The monoisotopic (exact) mass is 441 g/mol. The van der Waals surface area contributed by atoms with Crippen molar-refractivity contribution in [2.75, 3.05) is 18.2 Å². The Morgan fingerprint density at radius 2 is 1.76 bits per heavy atom. The van der Waals surface area contributed by atoms with Crippen molar-refractivity contribution >= 4 is 23.5 Å². The maximum absolute atomic E-state index is 13.3. The number of rotatable bonds is 7. The molecule has 0 spiro atoms. The molecule has 0 saturated heterocycles. The van der Waals surface area contributed by atoms with Crippen LogP contribution in [0.3, 0.4) is 0 Å². The van der Waals surface area contributed by atoms with Crippen LogP contribution in [-0.2, 0) is 21.6 Å². The molecule has 6 heteroatoms. The van der Waals surface area contributed by atoms with Crippen molar-refractivity contribution in [3.63, 3.8) is 0 Å². The molecule has 0 saturated carbocycles. The number of para-hydroxylation sites is 1. The Bertz CT molecular complexity index is 1240. The first-order chi connectivity index (χ1) is 16.0. The number of ether oxygens (including phenoxy) is 2. The highest BCUT2D eigenvalue weighted by Crippen LogP contribution is 2.42. The molecule has 0 bridgehead atoms. The Morgan fingerprint density at radius 3 is 2.61 bits per heavy atom. The fourth-order valence-corrected chi connectivity index (χ4v) is 4.30. The number of carbonyl (C=O) groups is 2. The molecule has 3 aromatic rings.